The van der Waals surface area contributed by atoms with E-state index >= 15 is 0 Å². The van der Waals surface area contributed by atoms with Crippen molar-refractivity contribution >= 4 is 24.2 Å². The van der Waals surface area contributed by atoms with Crippen LogP contribution in [-0.4, -0.2) is 38.7 Å². The van der Waals surface area contributed by atoms with Gasteiger partial charge in [0.15, 0.2) is 5.15 Å². The smallest absolute Gasteiger partial charge is 0.457 e. The summed E-state index contributed by atoms with van der Waals surface area (Å²) in [6.07, 6.45) is 0. The van der Waals surface area contributed by atoms with Crippen LogP contribution in [0.4, 0.5) is 0 Å². The summed E-state index contributed by atoms with van der Waals surface area (Å²) in [6, 6.07) is 92.4. The van der Waals surface area contributed by atoms with Crippen molar-refractivity contribution in [2.45, 2.75) is 49.7 Å². The summed E-state index contributed by atoms with van der Waals surface area (Å²) in [5, 5.41) is 17.4. The third-order valence-corrected chi connectivity index (χ3v) is 18.2. The van der Waals surface area contributed by atoms with Crippen LogP contribution in [0.5, 0.6) is 23.0 Å². The van der Waals surface area contributed by atoms with Crippen molar-refractivity contribution < 1.29 is 18.8 Å². The van der Waals surface area contributed by atoms with Gasteiger partial charge in [0.05, 0.1) is 39.1 Å². The number of hydrogen-bond donors (Lipinski definition) is 0. The molecule has 17 rings (SSSR count). The Balaban J connectivity index is 0.000000121. The van der Waals surface area contributed by atoms with E-state index in [-0.39, 0.29) is 0 Å². The fraction of sp³-hybridized carbons (Fsp3) is 0.105. The lowest BCUT2D eigenvalue weighted by molar-refractivity contribution is 0.00578. The molecule has 1 fully saturated rings. The lowest BCUT2D eigenvalue weighted by Crippen LogP contribution is -2.41. The van der Waals surface area contributed by atoms with Gasteiger partial charge in [-0.2, -0.15) is 0 Å². The molecule has 12 aromatic rings. The van der Waals surface area contributed by atoms with Crippen LogP contribution in [0, 0.1) is 0 Å². The first-order valence-electron chi connectivity index (χ1n) is 29.1. The van der Waals surface area contributed by atoms with E-state index in [2.05, 4.69) is 218 Å². The Labute approximate surface area is 505 Å². The quantitative estimate of drug-likeness (QED) is 0.161. The number of fused-ring (bicyclic) bond motifs is 18. The third kappa shape index (κ3) is 8.28. The Hall–Kier alpha value is -9.77. The average Bonchev–Trinajstić information content (AvgIpc) is 1.48. The van der Waals surface area contributed by atoms with Crippen LogP contribution < -0.4 is 14.9 Å². The van der Waals surface area contributed by atoms with Crippen molar-refractivity contribution in [3.63, 3.8) is 0 Å². The largest absolute Gasteiger partial charge is 0.498 e. The lowest BCUT2D eigenvalue weighted by Gasteiger charge is -2.40. The van der Waals surface area contributed by atoms with Gasteiger partial charge in [0.2, 0.25) is 0 Å². The molecular formula is C76H56BClN4O4. The lowest BCUT2D eigenvalue weighted by atomic mass is 9.64. The zero-order chi connectivity index (χ0) is 58.2. The SMILES string of the molecule is CC1(C)OB(c2cccc3c2Oc2ccccc2C32c3ccccc3-c3ccccc32)OC1(C)C.Clc1ccc(-c2ccccc2)nn1.c1ccc(-c2ccc(-c3cccc4c3Oc3ccccc3C43c4ccccc4-c4ccccc43)nn2)cc1. The Bertz CT molecular complexity index is 4470. The predicted molar refractivity (Wildman–Crippen MR) is 342 cm³/mol. The molecule has 0 unspecified atom stereocenters. The molecule has 5 aliphatic rings. The normalized spacial score (nSPS) is 15.5. The van der Waals surface area contributed by atoms with Crippen molar-refractivity contribution in [3.8, 4) is 79.0 Å². The zero-order valence-electron chi connectivity index (χ0n) is 47.8. The highest BCUT2D eigenvalue weighted by Gasteiger charge is 2.56. The topological polar surface area (TPSA) is 88.5 Å². The van der Waals surface area contributed by atoms with Gasteiger partial charge in [0.25, 0.3) is 0 Å². The number of nitrogens with zero attached hydrogens (tertiary/aromatic N) is 4. The number of halogens is 1. The van der Waals surface area contributed by atoms with E-state index in [4.69, 9.17) is 30.4 Å². The van der Waals surface area contributed by atoms with Crippen molar-refractivity contribution in [1.82, 2.24) is 20.4 Å². The molecule has 2 aromatic heterocycles. The second kappa shape index (κ2) is 20.8. The van der Waals surface area contributed by atoms with Crippen LogP contribution in [0.1, 0.15) is 72.2 Å². The van der Waals surface area contributed by atoms with Gasteiger partial charge in [-0.05, 0) is 115 Å². The molecule has 0 N–H and O–H groups in total. The minimum absolute atomic E-state index is 0.416. The van der Waals surface area contributed by atoms with Crippen LogP contribution in [-0.2, 0) is 20.1 Å². The van der Waals surface area contributed by atoms with Gasteiger partial charge in [0, 0.05) is 44.4 Å². The number of hydrogen-bond acceptors (Lipinski definition) is 8. The van der Waals surface area contributed by atoms with Crippen LogP contribution in [0.2, 0.25) is 5.15 Å². The fourth-order valence-electron chi connectivity index (χ4n) is 13.5. The molecule has 0 atom stereocenters. The summed E-state index contributed by atoms with van der Waals surface area (Å²) >= 11 is 5.63. The van der Waals surface area contributed by atoms with Crippen molar-refractivity contribution in [1.29, 1.82) is 0 Å². The molecule has 0 amide bonds. The van der Waals surface area contributed by atoms with Gasteiger partial charge in [-0.1, -0.05) is 236 Å². The summed E-state index contributed by atoms with van der Waals surface area (Å²) in [5.41, 5.74) is 19.4. The molecule has 10 aromatic carbocycles. The maximum absolute atomic E-state index is 6.73. The molecule has 2 aliphatic carbocycles. The Morgan fingerprint density at radius 1 is 0.302 bits per heavy atom. The van der Waals surface area contributed by atoms with Crippen molar-refractivity contribution in [3.05, 3.63) is 317 Å². The minimum Gasteiger partial charge on any atom is -0.457 e. The highest BCUT2D eigenvalue weighted by molar-refractivity contribution is 6.63. The molecule has 5 heterocycles. The molecule has 2 spiro atoms. The van der Waals surface area contributed by atoms with E-state index in [9.17, 15) is 0 Å². The third-order valence-electron chi connectivity index (χ3n) is 18.0. The minimum atomic E-state index is -0.510. The molecule has 3 aliphatic heterocycles. The Morgan fingerprint density at radius 3 is 1.10 bits per heavy atom. The second-order valence-electron chi connectivity index (χ2n) is 23.2. The van der Waals surface area contributed by atoms with Crippen LogP contribution in [0.3, 0.4) is 0 Å². The number of ether oxygens (including phenoxy) is 2. The first kappa shape index (κ1) is 53.0. The van der Waals surface area contributed by atoms with Crippen LogP contribution >= 0.6 is 11.6 Å². The van der Waals surface area contributed by atoms with E-state index in [0.717, 1.165) is 84.5 Å². The molecular weight excluding hydrogens is 1080 g/mol. The van der Waals surface area contributed by atoms with E-state index < -0.39 is 29.2 Å². The molecule has 0 bridgehead atoms. The number of para-hydroxylation sites is 4. The van der Waals surface area contributed by atoms with Gasteiger partial charge in [-0.25, -0.2) is 0 Å². The van der Waals surface area contributed by atoms with E-state index in [1.54, 1.807) is 6.07 Å². The monoisotopic (exact) mass is 1130 g/mol. The summed E-state index contributed by atoms with van der Waals surface area (Å²) in [5.74, 6) is 3.40. The number of benzene rings is 10. The van der Waals surface area contributed by atoms with E-state index in [0.29, 0.717) is 5.15 Å². The maximum atomic E-state index is 6.73. The maximum Gasteiger partial charge on any atom is 0.498 e. The standard InChI is InChI=1S/C35H22N2O.C31H27BO3.C10H7ClN2/c1-2-11-23(12-3-1)31-21-22-32(37-36-31)26-15-10-19-30-34(26)38-33-20-9-8-18-29(33)35(30)27-16-6-4-13-24(27)25-14-5-7-17-28(25)35;1-29(2)30(3,4)35-32(34-29)26-18-11-17-25-28(26)33-27-19-10-9-16-24(27)31(25)22-14-7-5-12-20(22)21-13-6-8-15-23(21)31;11-10-7-6-9(12-13-10)8-4-2-1-3-5-8/h1-22H;5-19H,1-4H3;1-7H. The van der Waals surface area contributed by atoms with E-state index in [1.807, 2.05) is 91.0 Å². The van der Waals surface area contributed by atoms with Gasteiger partial charge >= 0.3 is 7.12 Å². The second-order valence-corrected chi connectivity index (χ2v) is 23.5. The van der Waals surface area contributed by atoms with Gasteiger partial charge in [-0.15, -0.1) is 20.4 Å². The highest BCUT2D eigenvalue weighted by atomic mass is 35.5. The average molecular weight is 1140 g/mol. The molecule has 0 radical (unpaired) electrons. The summed E-state index contributed by atoms with van der Waals surface area (Å²) < 4.78 is 26.4. The Morgan fingerprint density at radius 2 is 0.651 bits per heavy atom. The number of aromatic nitrogens is 4. The number of rotatable bonds is 4. The summed E-state index contributed by atoms with van der Waals surface area (Å²) in [4.78, 5) is 0. The summed E-state index contributed by atoms with van der Waals surface area (Å²) in [7, 11) is -0.510. The first-order valence-corrected chi connectivity index (χ1v) is 29.4. The van der Waals surface area contributed by atoms with Crippen LogP contribution in [0.15, 0.2) is 267 Å². The van der Waals surface area contributed by atoms with Crippen LogP contribution in [0.25, 0.3) is 56.0 Å². The molecule has 10 heteroatoms. The van der Waals surface area contributed by atoms with Crippen molar-refractivity contribution in [2.75, 3.05) is 0 Å². The van der Waals surface area contributed by atoms with Crippen molar-refractivity contribution in [2.24, 2.45) is 0 Å². The highest BCUT2D eigenvalue weighted by Crippen LogP contribution is 2.64. The molecule has 8 nitrogen and oxygen atoms in total. The zero-order valence-corrected chi connectivity index (χ0v) is 48.5. The van der Waals surface area contributed by atoms with Gasteiger partial charge in [0.1, 0.15) is 23.0 Å². The fourth-order valence-corrected chi connectivity index (χ4v) is 13.6. The molecule has 1 saturated heterocycles. The van der Waals surface area contributed by atoms with E-state index in [1.165, 1.54) is 44.5 Å². The summed E-state index contributed by atoms with van der Waals surface area (Å²) in [6.45, 7) is 8.35. The van der Waals surface area contributed by atoms with Gasteiger partial charge in [-0.3, -0.25) is 0 Å². The molecule has 86 heavy (non-hydrogen) atoms. The molecule has 0 saturated carbocycles. The predicted octanol–water partition coefficient (Wildman–Crippen LogP) is 17.5. The Kier molecular flexibility index (Phi) is 12.8. The van der Waals surface area contributed by atoms with Gasteiger partial charge < -0.3 is 18.8 Å². The first-order chi connectivity index (χ1) is 42.1. The molecule has 414 valence electrons.